The fourth-order valence-corrected chi connectivity index (χ4v) is 1.88. The van der Waals surface area contributed by atoms with E-state index < -0.39 is 0 Å². The van der Waals surface area contributed by atoms with E-state index in [-0.39, 0.29) is 5.91 Å². The van der Waals surface area contributed by atoms with Crippen LogP contribution in [0.25, 0.3) is 0 Å². The van der Waals surface area contributed by atoms with Crippen molar-refractivity contribution in [3.63, 3.8) is 0 Å². The molecule has 98 valence electrons. The number of halogens is 1. The van der Waals surface area contributed by atoms with Crippen molar-refractivity contribution in [3.05, 3.63) is 17.0 Å². The molecule has 0 unspecified atom stereocenters. The van der Waals surface area contributed by atoms with E-state index in [1.165, 1.54) is 0 Å². The van der Waals surface area contributed by atoms with Crippen LogP contribution in [0.1, 0.15) is 43.8 Å². The Morgan fingerprint density at radius 1 is 1.44 bits per heavy atom. The number of hydrogen-bond donors (Lipinski definition) is 2. The summed E-state index contributed by atoms with van der Waals surface area (Å²) in [5.74, 6) is 1.83. The minimum absolute atomic E-state index is 0.254. The lowest BCUT2D eigenvalue weighted by molar-refractivity contribution is -0.118. The van der Waals surface area contributed by atoms with Gasteiger partial charge >= 0.3 is 0 Å². The minimum Gasteiger partial charge on any atom is -0.370 e. The van der Waals surface area contributed by atoms with Crippen molar-refractivity contribution in [3.8, 4) is 0 Å². The molecule has 0 spiro atoms. The van der Waals surface area contributed by atoms with Gasteiger partial charge in [-0.1, -0.05) is 11.6 Å². The number of carbonyl (C=O) groups is 1. The summed E-state index contributed by atoms with van der Waals surface area (Å²) in [6.07, 6.45) is 4.40. The maximum absolute atomic E-state index is 10.6. The number of primary amides is 1. The summed E-state index contributed by atoms with van der Waals surface area (Å²) in [6.45, 7) is 0.755. The van der Waals surface area contributed by atoms with Crippen LogP contribution in [0.2, 0.25) is 5.15 Å². The van der Waals surface area contributed by atoms with Gasteiger partial charge in [0.1, 0.15) is 16.8 Å². The monoisotopic (exact) mass is 268 g/mol. The van der Waals surface area contributed by atoms with Crippen LogP contribution in [-0.2, 0) is 4.79 Å². The third kappa shape index (κ3) is 4.14. The van der Waals surface area contributed by atoms with Crippen LogP contribution in [0.4, 0.5) is 5.82 Å². The van der Waals surface area contributed by atoms with Crippen LogP contribution in [0.3, 0.4) is 0 Å². The topological polar surface area (TPSA) is 80.9 Å². The van der Waals surface area contributed by atoms with E-state index in [9.17, 15) is 4.79 Å². The second-order valence-electron chi connectivity index (χ2n) is 4.56. The molecule has 1 amide bonds. The van der Waals surface area contributed by atoms with Crippen molar-refractivity contribution in [2.45, 2.75) is 38.0 Å². The molecule has 1 saturated carbocycles. The van der Waals surface area contributed by atoms with Crippen molar-refractivity contribution < 1.29 is 4.79 Å². The molecule has 0 atom stereocenters. The van der Waals surface area contributed by atoms with Crippen molar-refractivity contribution in [1.82, 2.24) is 9.97 Å². The van der Waals surface area contributed by atoms with Gasteiger partial charge in [-0.2, -0.15) is 0 Å². The first-order chi connectivity index (χ1) is 8.65. The van der Waals surface area contributed by atoms with Gasteiger partial charge in [0.05, 0.1) is 0 Å². The van der Waals surface area contributed by atoms with E-state index in [2.05, 4.69) is 15.3 Å². The zero-order valence-electron chi connectivity index (χ0n) is 10.2. The molecule has 6 heteroatoms. The highest BCUT2D eigenvalue weighted by Crippen LogP contribution is 2.38. The molecular formula is C12H17ClN4O. The molecule has 1 aromatic heterocycles. The number of aromatic nitrogens is 2. The zero-order chi connectivity index (χ0) is 13.0. The molecule has 1 aliphatic carbocycles. The van der Waals surface area contributed by atoms with Crippen LogP contribution in [0, 0.1) is 0 Å². The lowest BCUT2D eigenvalue weighted by Crippen LogP contribution is -2.11. The van der Waals surface area contributed by atoms with E-state index in [0.717, 1.165) is 43.9 Å². The fraction of sp³-hybridized carbons (Fsp3) is 0.583. The highest BCUT2D eigenvalue weighted by Gasteiger charge is 2.27. The summed E-state index contributed by atoms with van der Waals surface area (Å²) < 4.78 is 0. The zero-order valence-corrected chi connectivity index (χ0v) is 10.9. The van der Waals surface area contributed by atoms with Crippen LogP contribution >= 0.6 is 11.6 Å². The number of amides is 1. The molecule has 1 aromatic rings. The average molecular weight is 269 g/mol. The van der Waals surface area contributed by atoms with E-state index in [0.29, 0.717) is 17.5 Å². The Kier molecular flexibility index (Phi) is 4.36. The van der Waals surface area contributed by atoms with E-state index >= 15 is 0 Å². The van der Waals surface area contributed by atoms with Crippen molar-refractivity contribution in [2.24, 2.45) is 5.73 Å². The van der Waals surface area contributed by atoms with Gasteiger partial charge in [0.2, 0.25) is 5.91 Å². The molecule has 18 heavy (non-hydrogen) atoms. The van der Waals surface area contributed by atoms with E-state index in [1.54, 1.807) is 6.07 Å². The Balaban J connectivity index is 1.79. The summed E-state index contributed by atoms with van der Waals surface area (Å²) in [7, 11) is 0. The van der Waals surface area contributed by atoms with Gasteiger partial charge in [-0.05, 0) is 25.7 Å². The molecule has 2 rings (SSSR count). The van der Waals surface area contributed by atoms with Crippen molar-refractivity contribution in [1.29, 1.82) is 0 Å². The molecule has 1 fully saturated rings. The average Bonchev–Trinajstić information content (AvgIpc) is 3.11. The van der Waals surface area contributed by atoms with E-state index in [1.807, 2.05) is 0 Å². The van der Waals surface area contributed by atoms with E-state index in [4.69, 9.17) is 17.3 Å². The predicted molar refractivity (Wildman–Crippen MR) is 70.6 cm³/mol. The Bertz CT molecular complexity index is 434. The normalized spacial score (nSPS) is 14.5. The SMILES string of the molecule is NC(=O)CCCCNc1cc(Cl)nc(C2CC2)n1. The second-order valence-corrected chi connectivity index (χ2v) is 4.95. The van der Waals surface area contributed by atoms with Gasteiger partial charge in [-0.15, -0.1) is 0 Å². The van der Waals surface area contributed by atoms with Crippen LogP contribution < -0.4 is 11.1 Å². The molecule has 1 heterocycles. The van der Waals surface area contributed by atoms with Gasteiger partial charge in [-0.3, -0.25) is 4.79 Å². The first kappa shape index (κ1) is 13.1. The van der Waals surface area contributed by atoms with Crippen LogP contribution in [0.15, 0.2) is 6.07 Å². The molecule has 1 aliphatic rings. The number of anilines is 1. The minimum atomic E-state index is -0.254. The lowest BCUT2D eigenvalue weighted by atomic mass is 10.2. The van der Waals surface area contributed by atoms with Gasteiger partial charge in [0, 0.05) is 24.9 Å². The van der Waals surface area contributed by atoms with Crippen molar-refractivity contribution in [2.75, 3.05) is 11.9 Å². The number of rotatable bonds is 7. The number of nitrogens with two attached hydrogens (primary N) is 1. The highest BCUT2D eigenvalue weighted by molar-refractivity contribution is 6.29. The first-order valence-electron chi connectivity index (χ1n) is 6.22. The fourth-order valence-electron chi connectivity index (χ4n) is 1.69. The number of nitrogens with one attached hydrogen (secondary N) is 1. The molecule has 3 N–H and O–H groups in total. The Morgan fingerprint density at radius 3 is 2.89 bits per heavy atom. The van der Waals surface area contributed by atoms with Gasteiger partial charge in [0.25, 0.3) is 0 Å². The third-order valence-corrected chi connectivity index (χ3v) is 3.00. The number of hydrogen-bond acceptors (Lipinski definition) is 4. The maximum Gasteiger partial charge on any atom is 0.217 e. The van der Waals surface area contributed by atoms with Crippen molar-refractivity contribution >= 4 is 23.3 Å². The smallest absolute Gasteiger partial charge is 0.217 e. The Morgan fingerprint density at radius 2 is 2.22 bits per heavy atom. The summed E-state index contributed by atoms with van der Waals surface area (Å²) in [6, 6.07) is 1.72. The van der Waals surface area contributed by atoms with Crippen LogP contribution in [-0.4, -0.2) is 22.4 Å². The Hall–Kier alpha value is -1.36. The summed E-state index contributed by atoms with van der Waals surface area (Å²) in [4.78, 5) is 19.2. The Labute approximate surface area is 111 Å². The van der Waals surface area contributed by atoms with Gasteiger partial charge in [0.15, 0.2) is 0 Å². The quantitative estimate of drug-likeness (QED) is 0.586. The molecule has 0 aliphatic heterocycles. The lowest BCUT2D eigenvalue weighted by Gasteiger charge is -2.07. The molecule has 0 radical (unpaired) electrons. The van der Waals surface area contributed by atoms with Crippen LogP contribution in [0.5, 0.6) is 0 Å². The largest absolute Gasteiger partial charge is 0.370 e. The number of nitrogens with zero attached hydrogens (tertiary/aromatic N) is 2. The third-order valence-electron chi connectivity index (χ3n) is 2.81. The molecule has 0 saturated heterocycles. The summed E-state index contributed by atoms with van der Waals surface area (Å²) in [5, 5.41) is 3.67. The maximum atomic E-state index is 10.6. The predicted octanol–water partition coefficient (Wildman–Crippen LogP) is 2.07. The van der Waals surface area contributed by atoms with Gasteiger partial charge in [-0.25, -0.2) is 9.97 Å². The molecule has 0 aromatic carbocycles. The first-order valence-corrected chi connectivity index (χ1v) is 6.59. The number of unbranched alkanes of at least 4 members (excludes halogenated alkanes) is 1. The number of carbonyl (C=O) groups excluding carboxylic acids is 1. The molecular weight excluding hydrogens is 252 g/mol. The molecule has 5 nitrogen and oxygen atoms in total. The standard InChI is InChI=1S/C12H17ClN4O/c13-9-7-11(15-6-2-1-3-10(14)18)17-12(16-9)8-4-5-8/h7-8H,1-6H2,(H2,14,18)(H,15,16,17). The second kappa shape index (κ2) is 6.00. The summed E-state index contributed by atoms with van der Waals surface area (Å²) >= 11 is 5.95. The summed E-state index contributed by atoms with van der Waals surface area (Å²) in [5.41, 5.74) is 5.07. The molecule has 0 bridgehead atoms. The highest BCUT2D eigenvalue weighted by atomic mass is 35.5. The van der Waals surface area contributed by atoms with Gasteiger partial charge < -0.3 is 11.1 Å².